The van der Waals surface area contributed by atoms with E-state index in [0.29, 0.717) is 19.3 Å². The van der Waals surface area contributed by atoms with Gasteiger partial charge in [-0.1, -0.05) is 151 Å². The Labute approximate surface area is 438 Å². The molecule has 0 amide bonds. The number of ether oxygens (including phenoxy) is 3. The van der Waals surface area contributed by atoms with Crippen molar-refractivity contribution in [3.63, 3.8) is 0 Å². The average Bonchev–Trinajstić information content (AvgIpc) is 3.63. The van der Waals surface area contributed by atoms with Crippen molar-refractivity contribution in [3.05, 3.63) is 95.7 Å². The minimum Gasteiger partial charge on any atom is -0.462 e. The maximum Gasteiger partial charge on any atom is 0.481 e. The third-order valence-electron chi connectivity index (χ3n) is 11.6. The van der Waals surface area contributed by atoms with E-state index in [1.165, 1.54) is 31.7 Å². The first kappa shape index (κ1) is 66.3. The predicted octanol–water partition coefficient (Wildman–Crippen LogP) is 10.3. The fourth-order valence-corrected chi connectivity index (χ4v) is 9.58. The third-order valence-corrected chi connectivity index (χ3v) is 14.2. The van der Waals surface area contributed by atoms with E-state index in [0.717, 1.165) is 107 Å². The van der Waals surface area contributed by atoms with Gasteiger partial charge in [-0.15, -0.1) is 0 Å². The molecule has 1 fully saturated rings. The summed E-state index contributed by atoms with van der Waals surface area (Å²) in [6, 6.07) is 1.24. The minimum atomic E-state index is -5.45. The lowest BCUT2D eigenvalue weighted by molar-refractivity contribution is -0.161. The van der Waals surface area contributed by atoms with Crippen LogP contribution in [0.5, 0.6) is 0 Å². The molecule has 1 aliphatic heterocycles. The van der Waals surface area contributed by atoms with Crippen LogP contribution in [0.4, 0.5) is 5.82 Å². The number of aromatic nitrogens is 2. The molecule has 0 aromatic carbocycles. The van der Waals surface area contributed by atoms with E-state index < -0.39 is 89.8 Å². The van der Waals surface area contributed by atoms with Crippen molar-refractivity contribution in [2.75, 3.05) is 25.6 Å². The largest absolute Gasteiger partial charge is 0.481 e. The molecule has 1 saturated heterocycles. The Bertz CT molecular complexity index is 2040. The molecule has 2 rings (SSSR count). The molecule has 0 radical (unpaired) electrons. The van der Waals surface area contributed by atoms with E-state index in [1.54, 1.807) is 6.08 Å². The molecule has 1 aliphatic rings. The van der Waals surface area contributed by atoms with Gasteiger partial charge in [0.05, 0.1) is 19.3 Å². The van der Waals surface area contributed by atoms with Crippen LogP contribution < -0.4 is 11.4 Å². The van der Waals surface area contributed by atoms with Crippen LogP contribution in [-0.4, -0.2) is 96.9 Å². The number of aliphatic hydroxyl groups excluding tert-OH is 3. The molecular formula is C53H87N3O16P2. The first-order chi connectivity index (χ1) is 35.6. The maximum absolute atomic E-state index is 12.9. The highest BCUT2D eigenvalue weighted by atomic mass is 31.3. The van der Waals surface area contributed by atoms with E-state index in [9.17, 15) is 48.6 Å². The zero-order valence-electron chi connectivity index (χ0n) is 43.7. The van der Waals surface area contributed by atoms with Crippen LogP contribution in [0.2, 0.25) is 0 Å². The second kappa shape index (κ2) is 40.4. The highest BCUT2D eigenvalue weighted by Gasteiger charge is 2.46. The van der Waals surface area contributed by atoms with Crippen LogP contribution >= 0.6 is 15.6 Å². The number of phosphoric ester groups is 2. The van der Waals surface area contributed by atoms with Crippen LogP contribution in [0.15, 0.2) is 90.0 Å². The number of hydrogen-bond donors (Lipinski definition) is 6. The first-order valence-electron chi connectivity index (χ1n) is 26.6. The molecule has 8 atom stereocenters. The van der Waals surface area contributed by atoms with Gasteiger partial charge in [-0.25, -0.2) is 13.9 Å². The summed E-state index contributed by atoms with van der Waals surface area (Å²) in [7, 11) is -10.9. The highest BCUT2D eigenvalue weighted by molar-refractivity contribution is 7.61. The Balaban J connectivity index is 1.80. The van der Waals surface area contributed by atoms with Gasteiger partial charge in [0.25, 0.3) is 0 Å². The van der Waals surface area contributed by atoms with Crippen molar-refractivity contribution >= 4 is 33.4 Å². The van der Waals surface area contributed by atoms with Crippen molar-refractivity contribution in [3.8, 4) is 0 Å². The van der Waals surface area contributed by atoms with Crippen molar-refractivity contribution in [1.29, 1.82) is 0 Å². The highest BCUT2D eigenvalue weighted by Crippen LogP contribution is 2.60. The molecule has 0 aliphatic carbocycles. The summed E-state index contributed by atoms with van der Waals surface area (Å²) in [6.45, 7) is 1.89. The predicted molar refractivity (Wildman–Crippen MR) is 285 cm³/mol. The normalized spacial score (nSPS) is 19.9. The number of nitrogens with zero attached hydrogens (tertiary/aromatic N) is 2. The Morgan fingerprint density at radius 3 is 1.92 bits per heavy atom. The lowest BCUT2D eigenvalue weighted by Crippen LogP contribution is -2.36. The van der Waals surface area contributed by atoms with Crippen LogP contribution in [0.3, 0.4) is 0 Å². The lowest BCUT2D eigenvalue weighted by atomic mass is 10.1. The average molecular weight is 1080 g/mol. The molecule has 21 heteroatoms. The molecule has 19 nitrogen and oxygen atoms in total. The zero-order chi connectivity index (χ0) is 54.3. The molecule has 2 heterocycles. The molecular weight excluding hydrogens is 997 g/mol. The number of aliphatic hydroxyl groups is 3. The molecule has 0 saturated carbocycles. The van der Waals surface area contributed by atoms with Gasteiger partial charge in [0, 0.05) is 19.0 Å². The second-order valence-electron chi connectivity index (χ2n) is 18.2. The number of anilines is 1. The molecule has 0 bridgehead atoms. The van der Waals surface area contributed by atoms with E-state index in [-0.39, 0.29) is 18.7 Å². The number of allylic oxidation sites excluding steroid dienone is 10. The molecule has 74 heavy (non-hydrogen) atoms. The quantitative estimate of drug-likeness (QED) is 0.0117. The minimum absolute atomic E-state index is 0.00294. The molecule has 0 spiro atoms. The number of hydrogen-bond acceptors (Lipinski definition) is 16. The Kier molecular flexibility index (Phi) is 36.2. The molecule has 3 unspecified atom stereocenters. The van der Waals surface area contributed by atoms with Crippen LogP contribution in [0.1, 0.15) is 174 Å². The van der Waals surface area contributed by atoms with E-state index in [4.69, 9.17) is 29.0 Å². The van der Waals surface area contributed by atoms with E-state index >= 15 is 0 Å². The van der Waals surface area contributed by atoms with Gasteiger partial charge in [-0.3, -0.25) is 23.2 Å². The summed E-state index contributed by atoms with van der Waals surface area (Å²) in [4.78, 5) is 62.0. The Morgan fingerprint density at radius 1 is 0.730 bits per heavy atom. The van der Waals surface area contributed by atoms with Crippen LogP contribution in [0.25, 0.3) is 0 Å². The number of esters is 2. The number of rotatable bonds is 43. The van der Waals surface area contributed by atoms with Gasteiger partial charge in [0.15, 0.2) is 12.3 Å². The van der Waals surface area contributed by atoms with Gasteiger partial charge in [0.1, 0.15) is 30.7 Å². The van der Waals surface area contributed by atoms with Gasteiger partial charge >= 0.3 is 33.3 Å². The monoisotopic (exact) mass is 1080 g/mol. The summed E-state index contributed by atoms with van der Waals surface area (Å²) in [5.74, 6) is -1.37. The van der Waals surface area contributed by atoms with Crippen molar-refractivity contribution in [2.24, 2.45) is 0 Å². The summed E-state index contributed by atoms with van der Waals surface area (Å²) in [5, 5.41) is 30.9. The molecule has 420 valence electrons. The van der Waals surface area contributed by atoms with Crippen molar-refractivity contribution in [1.82, 2.24) is 9.55 Å². The summed E-state index contributed by atoms with van der Waals surface area (Å²) < 4.78 is 56.8. The summed E-state index contributed by atoms with van der Waals surface area (Å²) in [5.41, 5.74) is 4.58. The third kappa shape index (κ3) is 32.6. The number of carbonyl (C=O) groups is 2. The van der Waals surface area contributed by atoms with Crippen LogP contribution in [-0.2, 0) is 46.3 Å². The number of phosphoric acid groups is 2. The van der Waals surface area contributed by atoms with E-state index in [1.807, 2.05) is 37.3 Å². The Morgan fingerprint density at radius 2 is 1.30 bits per heavy atom. The number of carbonyl (C=O) groups excluding carboxylic acids is 2. The van der Waals surface area contributed by atoms with Crippen molar-refractivity contribution < 1.29 is 71.4 Å². The zero-order valence-corrected chi connectivity index (χ0v) is 45.5. The molecule has 7 N–H and O–H groups in total. The smallest absolute Gasteiger partial charge is 0.462 e. The maximum atomic E-state index is 12.9. The topological polar surface area (TPSA) is 286 Å². The van der Waals surface area contributed by atoms with Gasteiger partial charge in [-0.05, 0) is 83.1 Å². The van der Waals surface area contributed by atoms with Gasteiger partial charge < -0.3 is 45.1 Å². The second-order valence-corrected chi connectivity index (χ2v) is 21.2. The number of nitrogens with two attached hydrogens (primary N) is 1. The summed E-state index contributed by atoms with van der Waals surface area (Å²) in [6.07, 6.45) is 38.7. The molecule has 1 aromatic heterocycles. The Hall–Kier alpha value is -3.84. The van der Waals surface area contributed by atoms with Gasteiger partial charge in [0.2, 0.25) is 0 Å². The summed E-state index contributed by atoms with van der Waals surface area (Å²) >= 11 is 0. The first-order valence-corrected chi connectivity index (χ1v) is 29.5. The van der Waals surface area contributed by atoms with Crippen molar-refractivity contribution in [2.45, 2.75) is 205 Å². The standard InChI is InChI=1S/C53H87N3O16P2/c1-3-5-7-8-9-10-11-12-13-14-15-16-17-18-19-20-23-26-29-33-37-48(58)67-41-45(70-49(59)38-34-30-27-24-21-22-25-28-32-36-44(57)35-31-6-4-2)42-68-73(63,64)72-74(65,66)69-43-46-50(60)51(61)52(71-46)56-40-39-47(54)55-53(56)62/h6,10-11,13-14,16-17,25,28,31-32,36,39-40,44-46,50-52,57,60-61H,3-5,7-9,12,15,18-24,26-27,29-30,33-35,37-38,41-43H2,1-2H3,(H,63,64)(H,65,66)(H2,54,55,62)/b11-10-,14-13-,17-16-,28-25+,31-6+,36-32+/t44?,45-,46-,50-,51-,52-/m1/s1. The fourth-order valence-electron chi connectivity index (χ4n) is 7.47. The van der Waals surface area contributed by atoms with Crippen LogP contribution in [0, 0.1) is 0 Å². The number of nitrogen functional groups attached to an aromatic ring is 1. The molecule has 1 aromatic rings. The fraction of sp³-hybridized carbons (Fsp3) is 0.660. The SMILES string of the molecule is CC/C=C/CC(O)/C=C/C=C/CCCCCCCC(=O)O[C@H](COC(=O)CCCCCCCC/C=C\C/C=C\C/C=C\CCCCCC)COP(=O)(O)OP(=O)(O)OC[C@H]1O[C@@H](n2ccc(N)nc2=O)[C@H](O)[C@@H]1O. The lowest BCUT2D eigenvalue weighted by Gasteiger charge is -2.21. The van der Waals surface area contributed by atoms with E-state index in [2.05, 4.69) is 52.7 Å². The number of unbranched alkanes of at least 4 members (excludes halogenated alkanes) is 15. The van der Waals surface area contributed by atoms with Gasteiger partial charge in [-0.2, -0.15) is 9.29 Å².